The van der Waals surface area contributed by atoms with Gasteiger partial charge >= 0.3 is 5.97 Å². The van der Waals surface area contributed by atoms with Crippen LogP contribution < -0.4 is 0 Å². The van der Waals surface area contributed by atoms with Gasteiger partial charge in [0.25, 0.3) is 5.69 Å². The highest BCUT2D eigenvalue weighted by Gasteiger charge is 2.26. The van der Waals surface area contributed by atoms with Gasteiger partial charge in [-0.2, -0.15) is 0 Å². The lowest BCUT2D eigenvalue weighted by atomic mass is 10.3. The zero-order valence-corrected chi connectivity index (χ0v) is 9.33. The molecule has 8 heteroatoms. The van der Waals surface area contributed by atoms with Crippen molar-refractivity contribution in [3.05, 3.63) is 33.9 Å². The summed E-state index contributed by atoms with van der Waals surface area (Å²) in [6.45, 7) is 1.22. The molecule has 0 fully saturated rings. The maximum absolute atomic E-state index is 13.4. The van der Waals surface area contributed by atoms with Crippen LogP contribution in [0.3, 0.4) is 0 Å². The number of carbonyl (C=O) groups is 1. The van der Waals surface area contributed by atoms with Gasteiger partial charge in [0, 0.05) is 6.07 Å². The smallest absolute Gasteiger partial charge is 0.316 e. The Labute approximate surface area is 98.6 Å². The van der Waals surface area contributed by atoms with E-state index in [0.717, 1.165) is 6.07 Å². The van der Waals surface area contributed by atoms with E-state index in [-0.39, 0.29) is 0 Å². The van der Waals surface area contributed by atoms with E-state index in [2.05, 4.69) is 0 Å². The maximum Gasteiger partial charge on any atom is 0.316 e. The minimum Gasteiger partial charge on any atom is -0.480 e. The lowest BCUT2D eigenvalue weighted by Crippen LogP contribution is -2.12. The molecule has 0 amide bonds. The summed E-state index contributed by atoms with van der Waals surface area (Å²) >= 11 is 0.391. The molecule has 0 aliphatic heterocycles. The molecule has 0 bridgehead atoms. The monoisotopic (exact) mass is 263 g/mol. The second kappa shape index (κ2) is 5.09. The van der Waals surface area contributed by atoms with Crippen molar-refractivity contribution in [1.82, 2.24) is 0 Å². The highest BCUT2D eigenvalue weighted by atomic mass is 32.2. The Morgan fingerprint density at radius 2 is 2.12 bits per heavy atom. The van der Waals surface area contributed by atoms with Gasteiger partial charge in [-0.05, 0) is 13.0 Å². The lowest BCUT2D eigenvalue weighted by molar-refractivity contribution is -0.388. The quantitative estimate of drug-likeness (QED) is 0.512. The number of carboxylic acid groups (broad SMARTS) is 1. The van der Waals surface area contributed by atoms with Gasteiger partial charge in [0.1, 0.15) is 10.1 Å². The Kier molecular flexibility index (Phi) is 4.00. The number of nitrogens with zero attached hydrogens (tertiary/aromatic N) is 1. The fourth-order valence-corrected chi connectivity index (χ4v) is 1.92. The molecule has 1 atom stereocenters. The Morgan fingerprint density at radius 1 is 1.53 bits per heavy atom. The third-order valence-electron chi connectivity index (χ3n) is 1.87. The molecule has 0 saturated carbocycles. The van der Waals surface area contributed by atoms with Crippen molar-refractivity contribution >= 4 is 23.4 Å². The van der Waals surface area contributed by atoms with Gasteiger partial charge in [0.05, 0.1) is 4.92 Å². The van der Waals surface area contributed by atoms with Crippen LogP contribution in [0.5, 0.6) is 0 Å². The maximum atomic E-state index is 13.4. The molecule has 1 aromatic rings. The molecule has 0 saturated heterocycles. The third kappa shape index (κ3) is 2.90. The van der Waals surface area contributed by atoms with E-state index in [1.54, 1.807) is 0 Å². The summed E-state index contributed by atoms with van der Waals surface area (Å²) in [7, 11) is 0. The fraction of sp³-hybridized carbons (Fsp3) is 0.222. The number of hydrogen-bond acceptors (Lipinski definition) is 4. The summed E-state index contributed by atoms with van der Waals surface area (Å²) < 4.78 is 26.3. The summed E-state index contributed by atoms with van der Waals surface area (Å²) in [6, 6.07) is 1.43. The van der Waals surface area contributed by atoms with Crippen LogP contribution in [0.15, 0.2) is 17.0 Å². The van der Waals surface area contributed by atoms with Crippen molar-refractivity contribution in [2.24, 2.45) is 0 Å². The van der Waals surface area contributed by atoms with Gasteiger partial charge in [-0.15, -0.1) is 11.8 Å². The molecule has 1 aromatic carbocycles. The van der Waals surface area contributed by atoms with Gasteiger partial charge in [0.2, 0.25) is 0 Å². The zero-order valence-electron chi connectivity index (χ0n) is 8.52. The molecule has 1 rings (SSSR count). The SMILES string of the molecule is CC(Sc1c([N+](=O)[O-])ccc(F)c1F)C(=O)O. The molecule has 0 aliphatic carbocycles. The number of hydrogen-bond donors (Lipinski definition) is 1. The molecule has 92 valence electrons. The van der Waals surface area contributed by atoms with Crippen molar-refractivity contribution in [3.63, 3.8) is 0 Å². The van der Waals surface area contributed by atoms with E-state index in [1.165, 1.54) is 6.92 Å². The van der Waals surface area contributed by atoms with Crippen molar-refractivity contribution in [2.75, 3.05) is 0 Å². The number of nitro groups is 1. The van der Waals surface area contributed by atoms with Crippen LogP contribution in [-0.2, 0) is 4.79 Å². The van der Waals surface area contributed by atoms with Gasteiger partial charge in [-0.1, -0.05) is 0 Å². The molecule has 1 N–H and O–H groups in total. The van der Waals surface area contributed by atoms with Crippen LogP contribution in [-0.4, -0.2) is 21.2 Å². The second-order valence-electron chi connectivity index (χ2n) is 3.07. The number of benzene rings is 1. The van der Waals surface area contributed by atoms with E-state index in [9.17, 15) is 23.7 Å². The summed E-state index contributed by atoms with van der Waals surface area (Å²) in [5, 5.41) is 18.1. The predicted molar refractivity (Wildman–Crippen MR) is 56.0 cm³/mol. The number of nitro benzene ring substituents is 1. The minimum absolute atomic E-state index is 0.391. The standard InChI is InChI=1S/C9H7F2NO4S/c1-4(9(13)14)17-8-6(12(15)16)3-2-5(10)7(8)11/h2-4H,1H3,(H,13,14). The molecule has 0 aliphatic rings. The van der Waals surface area contributed by atoms with Gasteiger partial charge < -0.3 is 5.11 Å². The molecule has 5 nitrogen and oxygen atoms in total. The summed E-state index contributed by atoms with van der Waals surface area (Å²) in [4.78, 5) is 19.7. The van der Waals surface area contributed by atoms with Crippen LogP contribution in [0, 0.1) is 21.7 Å². The topological polar surface area (TPSA) is 80.4 Å². The molecular weight excluding hydrogens is 256 g/mol. The average molecular weight is 263 g/mol. The molecule has 0 radical (unpaired) electrons. The average Bonchev–Trinajstić information content (AvgIpc) is 2.24. The Hall–Kier alpha value is -1.70. The number of thioether (sulfide) groups is 1. The van der Waals surface area contributed by atoms with E-state index in [0.29, 0.717) is 17.8 Å². The fourth-order valence-electron chi connectivity index (χ4n) is 1.00. The number of rotatable bonds is 4. The van der Waals surface area contributed by atoms with Crippen molar-refractivity contribution in [2.45, 2.75) is 17.1 Å². The summed E-state index contributed by atoms with van der Waals surface area (Å²) in [6.07, 6.45) is 0. The van der Waals surface area contributed by atoms with Crippen molar-refractivity contribution < 1.29 is 23.6 Å². The third-order valence-corrected chi connectivity index (χ3v) is 3.05. The van der Waals surface area contributed by atoms with Gasteiger partial charge in [-0.25, -0.2) is 8.78 Å². The molecule has 0 heterocycles. The van der Waals surface area contributed by atoms with Crippen molar-refractivity contribution in [1.29, 1.82) is 0 Å². The molecule has 1 unspecified atom stereocenters. The van der Waals surface area contributed by atoms with E-state index in [4.69, 9.17) is 5.11 Å². The first-order valence-corrected chi connectivity index (χ1v) is 5.24. The molecular formula is C9H7F2NO4S. The van der Waals surface area contributed by atoms with Crippen molar-refractivity contribution in [3.8, 4) is 0 Å². The predicted octanol–water partition coefficient (Wildman–Crippen LogP) is 2.44. The first kappa shape index (κ1) is 13.4. The normalized spacial score (nSPS) is 12.2. The van der Waals surface area contributed by atoms with E-state index in [1.807, 2.05) is 0 Å². The zero-order chi connectivity index (χ0) is 13.2. The number of halogens is 2. The lowest BCUT2D eigenvalue weighted by Gasteiger charge is -2.07. The second-order valence-corrected chi connectivity index (χ2v) is 4.42. The Balaban J connectivity index is 3.23. The van der Waals surface area contributed by atoms with E-state index >= 15 is 0 Å². The first-order chi connectivity index (χ1) is 7.84. The highest BCUT2D eigenvalue weighted by Crippen LogP contribution is 2.35. The summed E-state index contributed by atoms with van der Waals surface area (Å²) in [5.41, 5.74) is -0.651. The number of carboxylic acids is 1. The van der Waals surface area contributed by atoms with Crippen LogP contribution in [0.2, 0.25) is 0 Å². The first-order valence-electron chi connectivity index (χ1n) is 4.36. The number of aliphatic carboxylic acids is 1. The Bertz CT molecular complexity index is 480. The van der Waals surface area contributed by atoms with E-state index < -0.39 is 38.4 Å². The summed E-state index contributed by atoms with van der Waals surface area (Å²) in [5.74, 6) is -3.93. The highest BCUT2D eigenvalue weighted by molar-refractivity contribution is 8.00. The minimum atomic E-state index is -1.41. The Morgan fingerprint density at radius 3 is 2.59 bits per heavy atom. The van der Waals surface area contributed by atoms with Crippen LogP contribution >= 0.6 is 11.8 Å². The van der Waals surface area contributed by atoms with Gasteiger partial charge in [0.15, 0.2) is 11.6 Å². The molecule has 0 aromatic heterocycles. The molecule has 0 spiro atoms. The van der Waals surface area contributed by atoms with Crippen LogP contribution in [0.4, 0.5) is 14.5 Å². The van der Waals surface area contributed by atoms with Gasteiger partial charge in [-0.3, -0.25) is 14.9 Å². The van der Waals surface area contributed by atoms with Crippen LogP contribution in [0.1, 0.15) is 6.92 Å². The molecule has 17 heavy (non-hydrogen) atoms. The largest absolute Gasteiger partial charge is 0.480 e. The van der Waals surface area contributed by atoms with Crippen LogP contribution in [0.25, 0.3) is 0 Å².